The molecule has 3 nitrogen and oxygen atoms in total. The van der Waals surface area contributed by atoms with Crippen LogP contribution in [0.15, 0.2) is 0 Å². The maximum atomic E-state index is 10.0. The first kappa shape index (κ1) is 25.2. The van der Waals surface area contributed by atoms with Crippen molar-refractivity contribution in [2.75, 3.05) is 6.61 Å². The van der Waals surface area contributed by atoms with Crippen LogP contribution in [-0.4, -0.2) is 12.6 Å². The van der Waals surface area contributed by atoms with Crippen molar-refractivity contribution in [3.05, 3.63) is 18.9 Å². The molecule has 1 saturated heterocycles. The van der Waals surface area contributed by atoms with E-state index in [2.05, 4.69) is 0 Å². The Morgan fingerprint density at radius 2 is 1.85 bits per heavy atom. The van der Waals surface area contributed by atoms with E-state index in [1.165, 1.54) is 6.42 Å². The minimum absolute atomic E-state index is 0. The van der Waals surface area contributed by atoms with Gasteiger partial charge < -0.3 is 33.6 Å². The molecule has 7 heteroatoms. The van der Waals surface area contributed by atoms with E-state index < -0.39 is 5.97 Å². The van der Waals surface area contributed by atoms with Crippen molar-refractivity contribution in [2.24, 2.45) is 0 Å². The van der Waals surface area contributed by atoms with E-state index in [1.54, 1.807) is 6.42 Å². The second-order valence-electron chi connectivity index (χ2n) is 1.69. The molecule has 0 spiro atoms. The maximum Gasteiger partial charge on any atom is 1.00 e. The van der Waals surface area contributed by atoms with Gasteiger partial charge in [-0.05, 0) is 6.61 Å². The molecule has 1 aliphatic rings. The van der Waals surface area contributed by atoms with Crippen molar-refractivity contribution < 1.29 is 133 Å². The van der Waals surface area contributed by atoms with Crippen LogP contribution in [0.2, 0.25) is 0 Å². The van der Waals surface area contributed by atoms with E-state index >= 15 is 0 Å². The van der Waals surface area contributed by atoms with Crippen molar-refractivity contribution in [2.45, 2.75) is 6.42 Å². The fourth-order valence-electron chi connectivity index (χ4n) is 0.602. The van der Waals surface area contributed by atoms with Crippen LogP contribution in [0.4, 0.5) is 0 Å². The van der Waals surface area contributed by atoms with E-state index in [1.807, 2.05) is 0 Å². The van der Waals surface area contributed by atoms with Gasteiger partial charge in [0.05, 0.1) is 0 Å². The molecule has 1 heterocycles. The van der Waals surface area contributed by atoms with Crippen molar-refractivity contribution in [1.82, 2.24) is 0 Å². The Kier molecular flexibility index (Phi) is 29.7. The second-order valence-corrected chi connectivity index (χ2v) is 1.69. The van der Waals surface area contributed by atoms with E-state index in [0.717, 1.165) is 6.42 Å². The first-order valence-corrected chi connectivity index (χ1v) is 2.68. The van der Waals surface area contributed by atoms with Crippen molar-refractivity contribution in [3.63, 3.8) is 0 Å². The van der Waals surface area contributed by atoms with Gasteiger partial charge in [-0.3, -0.25) is 0 Å². The smallest absolute Gasteiger partial charge is 0.625 e. The Balaban J connectivity index is -0.000000101. The first-order chi connectivity index (χ1) is 4.30. The van der Waals surface area contributed by atoms with Crippen molar-refractivity contribution in [3.8, 4) is 0 Å². The third kappa shape index (κ3) is 11.6. The molecule has 0 N–H and O–H groups in total. The molecule has 0 aromatic carbocycles. The average Bonchev–Trinajstić information content (AvgIpc) is 1.90. The largest absolute Gasteiger partial charge is 1.00 e. The summed E-state index contributed by atoms with van der Waals surface area (Å²) in [6.07, 6.45) is 3.87. The van der Waals surface area contributed by atoms with Crippen LogP contribution in [-0.2, 0) is 9.53 Å². The summed E-state index contributed by atoms with van der Waals surface area (Å²) >= 11 is 0. The van der Waals surface area contributed by atoms with E-state index in [4.69, 9.17) is 4.74 Å². The minimum Gasteiger partial charge on any atom is -0.625 e. The molecule has 0 radical (unpaired) electrons. The zero-order chi connectivity index (χ0) is 6.69. The molecule has 0 bridgehead atoms. The molecule has 1 aliphatic heterocycles. The number of carbonyl (C=O) groups excluding carboxylic acids is 1. The Labute approximate surface area is 167 Å². The van der Waals surface area contributed by atoms with Gasteiger partial charge in [0.1, 0.15) is 0 Å². The number of hydrogen-bond acceptors (Lipinski definition) is 3. The van der Waals surface area contributed by atoms with Crippen LogP contribution in [0, 0.1) is 18.9 Å². The molecule has 13 heavy (non-hydrogen) atoms. The maximum absolute atomic E-state index is 10.0. The topological polar surface area (TPSA) is 49.4 Å². The fraction of sp³-hybridized carbons (Fsp3) is 0.333. The SMILES string of the molecule is O=C([O-])[C-]1[CH-][CH-]CCO1.[Na+].[Na+].[Na+].[Na+]. The van der Waals surface area contributed by atoms with Crippen LogP contribution < -0.4 is 123 Å². The van der Waals surface area contributed by atoms with E-state index in [-0.39, 0.29) is 124 Å². The number of rotatable bonds is 1. The summed E-state index contributed by atoms with van der Waals surface area (Å²) in [5, 5.41) is 10.0. The van der Waals surface area contributed by atoms with Crippen LogP contribution in [0.3, 0.4) is 0 Å². The normalized spacial score (nSPS) is 13.7. The summed E-state index contributed by atoms with van der Waals surface area (Å²) in [6, 6.07) is 0. The second kappa shape index (κ2) is 15.3. The Bertz CT molecular complexity index is 116. The van der Waals surface area contributed by atoms with Gasteiger partial charge in [-0.15, -0.1) is 5.97 Å². The van der Waals surface area contributed by atoms with E-state index in [9.17, 15) is 9.90 Å². The number of aliphatic carboxylic acids is 1. The summed E-state index contributed by atoms with van der Waals surface area (Å²) in [4.78, 5) is 10.0. The van der Waals surface area contributed by atoms with Crippen LogP contribution in [0.5, 0.6) is 0 Å². The Morgan fingerprint density at radius 3 is 2.08 bits per heavy atom. The fourth-order valence-corrected chi connectivity index (χ4v) is 0.602. The predicted molar refractivity (Wildman–Crippen MR) is 27.4 cm³/mol. The van der Waals surface area contributed by atoms with Gasteiger partial charge in [-0.1, -0.05) is 0 Å². The van der Waals surface area contributed by atoms with Gasteiger partial charge in [-0.25, -0.2) is 0 Å². The molecule has 0 amide bonds. The van der Waals surface area contributed by atoms with Crippen molar-refractivity contribution in [1.29, 1.82) is 0 Å². The number of carboxylic acids is 1. The molecule has 0 unspecified atom stereocenters. The average molecular weight is 218 g/mol. The molecule has 0 saturated carbocycles. The molecular weight excluding hydrogens is 212 g/mol. The summed E-state index contributed by atoms with van der Waals surface area (Å²) in [7, 11) is 0. The molecule has 0 atom stereocenters. The molecule has 0 aromatic heterocycles. The quantitative estimate of drug-likeness (QED) is 0.324. The predicted octanol–water partition coefficient (Wildman–Crippen LogP) is -12.9. The summed E-state index contributed by atoms with van der Waals surface area (Å²) < 4.78 is 4.71. The van der Waals surface area contributed by atoms with E-state index in [0.29, 0.717) is 6.61 Å². The number of ether oxygens (including phenoxy) is 1. The van der Waals surface area contributed by atoms with Gasteiger partial charge >= 0.3 is 118 Å². The van der Waals surface area contributed by atoms with Gasteiger partial charge in [0.25, 0.3) is 0 Å². The standard InChI is InChI=1S/C6H7O3.4Na/c7-6(8)5-3-1-2-4-9-5;;;;/h1,3H,2,4H2,(H,7,8);;;;/q-3;4*+1/p-1. The third-order valence-corrected chi connectivity index (χ3v) is 1.01. The monoisotopic (exact) mass is 218 g/mol. The zero-order valence-electron chi connectivity index (χ0n) is 8.79. The van der Waals surface area contributed by atoms with Gasteiger partial charge in [0.2, 0.25) is 0 Å². The molecular formula is C6H6Na4O3. The number of carbonyl (C=O) groups is 1. The minimum atomic E-state index is -1.24. The van der Waals surface area contributed by atoms with Crippen LogP contribution in [0.1, 0.15) is 6.42 Å². The summed E-state index contributed by atoms with van der Waals surface area (Å²) in [5.41, 5.74) is 0. The van der Waals surface area contributed by atoms with Crippen LogP contribution in [0.25, 0.3) is 0 Å². The summed E-state index contributed by atoms with van der Waals surface area (Å²) in [6.45, 7) is 0.444. The Morgan fingerprint density at radius 1 is 1.31 bits per heavy atom. The molecule has 52 valence electrons. The van der Waals surface area contributed by atoms with Crippen molar-refractivity contribution >= 4 is 5.97 Å². The number of carboxylic acid groups (broad SMARTS) is 1. The number of hydrogen-bond donors (Lipinski definition) is 0. The van der Waals surface area contributed by atoms with Gasteiger partial charge in [0.15, 0.2) is 0 Å². The van der Waals surface area contributed by atoms with Crippen LogP contribution >= 0.6 is 0 Å². The first-order valence-electron chi connectivity index (χ1n) is 2.68. The zero-order valence-corrected chi connectivity index (χ0v) is 16.8. The molecule has 0 aliphatic carbocycles. The molecule has 1 fully saturated rings. The Hall–Kier alpha value is 3.30. The summed E-state index contributed by atoms with van der Waals surface area (Å²) in [5.74, 6) is -1.24. The van der Waals surface area contributed by atoms with Gasteiger partial charge in [0, 0.05) is 0 Å². The molecule has 0 aromatic rings. The third-order valence-electron chi connectivity index (χ3n) is 1.01. The molecule has 1 rings (SSSR count). The van der Waals surface area contributed by atoms with Gasteiger partial charge in [-0.2, -0.15) is 6.42 Å².